The molecule has 0 saturated carbocycles. The standard InChI is InChI=1S/C21H25N5O3/c1-27-18-9-8-17(14-19(18)28-2)20(25-10-12-29-13-11-25)21-22-23-24-26(21)15-16-6-4-3-5-7-16/h3-9,14,20H,10-13,15H2,1-2H3. The van der Waals surface area contributed by atoms with Crippen molar-refractivity contribution in [2.24, 2.45) is 0 Å². The fourth-order valence-corrected chi connectivity index (χ4v) is 3.66. The molecule has 1 aliphatic rings. The SMILES string of the molecule is COc1ccc(C(c2nnnn2Cc2ccccc2)N2CCOCC2)cc1OC. The highest BCUT2D eigenvalue weighted by Gasteiger charge is 2.30. The molecule has 1 atom stereocenters. The Morgan fingerprint density at radius 3 is 2.48 bits per heavy atom. The molecule has 1 unspecified atom stereocenters. The number of methoxy groups -OCH3 is 2. The van der Waals surface area contributed by atoms with Gasteiger partial charge in [0.25, 0.3) is 0 Å². The first-order valence-electron chi connectivity index (χ1n) is 9.64. The predicted molar refractivity (Wildman–Crippen MR) is 107 cm³/mol. The zero-order valence-corrected chi connectivity index (χ0v) is 16.7. The van der Waals surface area contributed by atoms with Crippen LogP contribution in [0.4, 0.5) is 0 Å². The van der Waals surface area contributed by atoms with Crippen LogP contribution in [0, 0.1) is 0 Å². The van der Waals surface area contributed by atoms with E-state index in [1.807, 2.05) is 41.1 Å². The summed E-state index contributed by atoms with van der Waals surface area (Å²) in [7, 11) is 3.28. The molecule has 152 valence electrons. The number of hydrogen-bond acceptors (Lipinski definition) is 7. The minimum atomic E-state index is -0.114. The number of benzene rings is 2. The van der Waals surface area contributed by atoms with Crippen LogP contribution < -0.4 is 9.47 Å². The van der Waals surface area contributed by atoms with Crippen LogP contribution in [0.2, 0.25) is 0 Å². The molecule has 1 fully saturated rings. The van der Waals surface area contributed by atoms with E-state index in [1.54, 1.807) is 14.2 Å². The van der Waals surface area contributed by atoms with E-state index in [0.717, 1.165) is 30.0 Å². The largest absolute Gasteiger partial charge is 0.493 e. The van der Waals surface area contributed by atoms with Gasteiger partial charge in [-0.15, -0.1) is 5.10 Å². The molecule has 2 heterocycles. The van der Waals surface area contributed by atoms with Crippen molar-refractivity contribution in [2.75, 3.05) is 40.5 Å². The van der Waals surface area contributed by atoms with Crippen molar-refractivity contribution in [1.29, 1.82) is 0 Å². The van der Waals surface area contributed by atoms with Gasteiger partial charge in [-0.05, 0) is 33.7 Å². The summed E-state index contributed by atoms with van der Waals surface area (Å²) in [4.78, 5) is 2.35. The summed E-state index contributed by atoms with van der Waals surface area (Å²) in [6.07, 6.45) is 0. The molecular formula is C21H25N5O3. The summed E-state index contributed by atoms with van der Waals surface area (Å²) >= 11 is 0. The van der Waals surface area contributed by atoms with E-state index < -0.39 is 0 Å². The minimum absolute atomic E-state index is 0.114. The van der Waals surface area contributed by atoms with Crippen molar-refractivity contribution in [3.8, 4) is 11.5 Å². The van der Waals surface area contributed by atoms with Gasteiger partial charge in [0, 0.05) is 13.1 Å². The summed E-state index contributed by atoms with van der Waals surface area (Å²) in [6, 6.07) is 16.1. The van der Waals surface area contributed by atoms with Crippen molar-refractivity contribution in [2.45, 2.75) is 12.6 Å². The molecule has 0 aliphatic carbocycles. The van der Waals surface area contributed by atoms with Gasteiger partial charge in [0.05, 0.1) is 40.0 Å². The average Bonchev–Trinajstić information content (AvgIpc) is 3.23. The van der Waals surface area contributed by atoms with Crippen LogP contribution in [0.3, 0.4) is 0 Å². The number of tetrazole rings is 1. The van der Waals surface area contributed by atoms with Gasteiger partial charge < -0.3 is 14.2 Å². The quantitative estimate of drug-likeness (QED) is 0.607. The molecule has 1 aliphatic heterocycles. The first-order chi connectivity index (χ1) is 14.3. The summed E-state index contributed by atoms with van der Waals surface area (Å²) in [6.45, 7) is 3.58. The first kappa shape index (κ1) is 19.4. The summed E-state index contributed by atoms with van der Waals surface area (Å²) in [5, 5.41) is 12.7. The van der Waals surface area contributed by atoms with Crippen molar-refractivity contribution < 1.29 is 14.2 Å². The average molecular weight is 395 g/mol. The van der Waals surface area contributed by atoms with E-state index in [-0.39, 0.29) is 6.04 Å². The Labute approximate surface area is 170 Å². The highest BCUT2D eigenvalue weighted by atomic mass is 16.5. The van der Waals surface area contributed by atoms with E-state index in [0.29, 0.717) is 31.3 Å². The van der Waals surface area contributed by atoms with Crippen LogP contribution in [0.25, 0.3) is 0 Å². The number of morpholine rings is 1. The highest BCUT2D eigenvalue weighted by Crippen LogP contribution is 2.34. The third kappa shape index (κ3) is 4.23. The van der Waals surface area contributed by atoms with Gasteiger partial charge in [-0.25, -0.2) is 4.68 Å². The molecule has 8 nitrogen and oxygen atoms in total. The van der Waals surface area contributed by atoms with Gasteiger partial charge in [-0.1, -0.05) is 36.4 Å². The normalized spacial score (nSPS) is 15.8. The Morgan fingerprint density at radius 1 is 1.00 bits per heavy atom. The Morgan fingerprint density at radius 2 is 1.76 bits per heavy atom. The van der Waals surface area contributed by atoms with Gasteiger partial charge in [-0.3, -0.25) is 4.90 Å². The number of ether oxygens (including phenoxy) is 3. The van der Waals surface area contributed by atoms with Crippen molar-refractivity contribution in [1.82, 2.24) is 25.1 Å². The molecule has 3 aromatic rings. The summed E-state index contributed by atoms with van der Waals surface area (Å²) in [5.41, 5.74) is 2.20. The fourth-order valence-electron chi connectivity index (χ4n) is 3.66. The maximum Gasteiger partial charge on any atom is 0.173 e. The van der Waals surface area contributed by atoms with E-state index in [4.69, 9.17) is 14.2 Å². The molecule has 2 aromatic carbocycles. The van der Waals surface area contributed by atoms with Crippen molar-refractivity contribution in [3.63, 3.8) is 0 Å². The maximum absolute atomic E-state index is 5.57. The van der Waals surface area contributed by atoms with Gasteiger partial charge in [0.15, 0.2) is 17.3 Å². The molecule has 0 spiro atoms. The molecule has 8 heteroatoms. The fraction of sp³-hybridized carbons (Fsp3) is 0.381. The van der Waals surface area contributed by atoms with Gasteiger partial charge in [0.2, 0.25) is 0 Å². The second-order valence-electron chi connectivity index (χ2n) is 6.85. The molecule has 29 heavy (non-hydrogen) atoms. The second-order valence-corrected chi connectivity index (χ2v) is 6.85. The van der Waals surface area contributed by atoms with E-state index in [2.05, 4.69) is 32.6 Å². The zero-order valence-electron chi connectivity index (χ0n) is 16.7. The summed E-state index contributed by atoms with van der Waals surface area (Å²) < 4.78 is 18.4. The number of hydrogen-bond donors (Lipinski definition) is 0. The van der Waals surface area contributed by atoms with E-state index in [9.17, 15) is 0 Å². The van der Waals surface area contributed by atoms with Crippen molar-refractivity contribution in [3.05, 3.63) is 65.5 Å². The molecular weight excluding hydrogens is 370 g/mol. The third-order valence-electron chi connectivity index (χ3n) is 5.11. The molecule has 1 aromatic heterocycles. The molecule has 0 radical (unpaired) electrons. The Hall–Kier alpha value is -2.97. The summed E-state index contributed by atoms with van der Waals surface area (Å²) in [5.74, 6) is 2.18. The third-order valence-corrected chi connectivity index (χ3v) is 5.11. The zero-order chi connectivity index (χ0) is 20.1. The molecule has 0 N–H and O–H groups in total. The smallest absolute Gasteiger partial charge is 0.173 e. The van der Waals surface area contributed by atoms with Gasteiger partial charge in [-0.2, -0.15) is 0 Å². The van der Waals surface area contributed by atoms with Crippen LogP contribution in [-0.2, 0) is 11.3 Å². The monoisotopic (exact) mass is 395 g/mol. The van der Waals surface area contributed by atoms with Crippen molar-refractivity contribution >= 4 is 0 Å². The lowest BCUT2D eigenvalue weighted by molar-refractivity contribution is 0.0216. The molecule has 0 bridgehead atoms. The Balaban J connectivity index is 1.73. The Bertz CT molecular complexity index is 925. The Kier molecular flexibility index (Phi) is 6.02. The van der Waals surface area contributed by atoms with Gasteiger partial charge >= 0.3 is 0 Å². The number of rotatable bonds is 7. The lowest BCUT2D eigenvalue weighted by Crippen LogP contribution is -2.40. The first-order valence-corrected chi connectivity index (χ1v) is 9.64. The molecule has 0 amide bonds. The van der Waals surface area contributed by atoms with E-state index >= 15 is 0 Å². The molecule has 1 saturated heterocycles. The van der Waals surface area contributed by atoms with Crippen LogP contribution in [0.5, 0.6) is 11.5 Å². The van der Waals surface area contributed by atoms with Crippen LogP contribution in [-0.4, -0.2) is 65.6 Å². The van der Waals surface area contributed by atoms with Crippen LogP contribution >= 0.6 is 0 Å². The lowest BCUT2D eigenvalue weighted by Gasteiger charge is -2.34. The lowest BCUT2D eigenvalue weighted by atomic mass is 10.0. The predicted octanol–water partition coefficient (Wildman–Crippen LogP) is 2.16. The number of nitrogens with zero attached hydrogens (tertiary/aromatic N) is 5. The molecule has 4 rings (SSSR count). The second kappa shape index (κ2) is 9.02. The van der Waals surface area contributed by atoms with Crippen LogP contribution in [0.15, 0.2) is 48.5 Å². The van der Waals surface area contributed by atoms with Gasteiger partial charge in [0.1, 0.15) is 0 Å². The number of aromatic nitrogens is 4. The van der Waals surface area contributed by atoms with Crippen LogP contribution in [0.1, 0.15) is 23.0 Å². The minimum Gasteiger partial charge on any atom is -0.493 e. The maximum atomic E-state index is 5.57. The highest BCUT2D eigenvalue weighted by molar-refractivity contribution is 5.45. The van der Waals surface area contributed by atoms with E-state index in [1.165, 1.54) is 0 Å². The topological polar surface area (TPSA) is 74.5 Å².